The highest BCUT2D eigenvalue weighted by Crippen LogP contribution is 2.45. The summed E-state index contributed by atoms with van der Waals surface area (Å²) in [5.74, 6) is -1.24. The Kier molecular flexibility index (Phi) is 6.70. The molecule has 0 aliphatic carbocycles. The number of hydrogen-bond acceptors (Lipinski definition) is 8. The molecule has 4 heterocycles. The largest absolute Gasteiger partial charge is 0.505 e. The zero-order valence-corrected chi connectivity index (χ0v) is 24.1. The number of thiazole rings is 1. The molecule has 42 heavy (non-hydrogen) atoms. The second-order valence-corrected chi connectivity index (χ2v) is 11.0. The normalized spacial score (nSPS) is 16.4. The van der Waals surface area contributed by atoms with Crippen LogP contribution in [-0.4, -0.2) is 36.9 Å². The van der Waals surface area contributed by atoms with Crippen molar-refractivity contribution in [3.05, 3.63) is 112 Å². The molecule has 0 bridgehead atoms. The van der Waals surface area contributed by atoms with E-state index in [0.717, 1.165) is 16.9 Å². The second kappa shape index (κ2) is 10.4. The number of rotatable bonds is 6. The number of ether oxygens (including phenoxy) is 1. The minimum absolute atomic E-state index is 0.127. The number of imidazole rings is 1. The number of amides is 1. The number of aromatic nitrogens is 3. The van der Waals surface area contributed by atoms with Gasteiger partial charge in [0, 0.05) is 13.1 Å². The van der Waals surface area contributed by atoms with E-state index in [1.54, 1.807) is 38.1 Å². The lowest BCUT2D eigenvalue weighted by molar-refractivity contribution is -0.132. The first-order valence-corrected chi connectivity index (χ1v) is 14.0. The fraction of sp³-hybridized carbons (Fsp3) is 0.156. The fourth-order valence-corrected chi connectivity index (χ4v) is 6.19. The maximum Gasteiger partial charge on any atom is 0.301 e. The monoisotopic (exact) mass is 578 g/mol. The first kappa shape index (κ1) is 27.1. The number of ketones is 2. The zero-order chi connectivity index (χ0) is 29.7. The minimum Gasteiger partial charge on any atom is -0.505 e. The molecule has 6 rings (SSSR count). The zero-order valence-electron chi connectivity index (χ0n) is 23.3. The Morgan fingerprint density at radius 3 is 2.38 bits per heavy atom. The lowest BCUT2D eigenvalue weighted by atomic mass is 9.96. The van der Waals surface area contributed by atoms with Crippen LogP contribution >= 0.6 is 11.3 Å². The summed E-state index contributed by atoms with van der Waals surface area (Å²) in [4.78, 5) is 50.4. The molecule has 0 radical (unpaired) electrons. The SMILES string of the molecule is CC(=O)c1sc(N2C(=O)C(=O)C(=C(O)c3nc4c(C)cccn4c3C)C2c2cccc(Oc3ccccc3)c2)nc1C. The van der Waals surface area contributed by atoms with Crippen LogP contribution < -0.4 is 9.64 Å². The Morgan fingerprint density at radius 1 is 0.952 bits per heavy atom. The molecule has 1 fully saturated rings. The third kappa shape index (κ3) is 4.46. The van der Waals surface area contributed by atoms with Crippen LogP contribution in [-0.2, 0) is 9.59 Å². The fourth-order valence-electron chi connectivity index (χ4n) is 5.20. The van der Waals surface area contributed by atoms with E-state index in [2.05, 4.69) is 9.97 Å². The number of aryl methyl sites for hydroxylation is 3. The van der Waals surface area contributed by atoms with Gasteiger partial charge in [0.05, 0.1) is 27.9 Å². The van der Waals surface area contributed by atoms with Gasteiger partial charge in [0.15, 0.2) is 16.7 Å². The molecular formula is C32H26N4O5S. The summed E-state index contributed by atoms with van der Waals surface area (Å²) in [5.41, 5.74) is 3.16. The highest BCUT2D eigenvalue weighted by atomic mass is 32.1. The highest BCUT2D eigenvalue weighted by molar-refractivity contribution is 7.18. The Balaban J connectivity index is 1.56. The van der Waals surface area contributed by atoms with Crippen LogP contribution in [0.2, 0.25) is 0 Å². The summed E-state index contributed by atoms with van der Waals surface area (Å²) >= 11 is 1.03. The van der Waals surface area contributed by atoms with Crippen LogP contribution in [0.3, 0.4) is 0 Å². The van der Waals surface area contributed by atoms with E-state index in [0.29, 0.717) is 39.0 Å². The number of benzene rings is 2. The second-order valence-electron chi connectivity index (χ2n) is 10.1. The maximum absolute atomic E-state index is 13.7. The van der Waals surface area contributed by atoms with Crippen molar-refractivity contribution in [2.45, 2.75) is 33.7 Å². The van der Waals surface area contributed by atoms with Gasteiger partial charge in [-0.15, -0.1) is 0 Å². The predicted octanol–water partition coefficient (Wildman–Crippen LogP) is 6.34. The number of aliphatic hydroxyl groups excluding tert-OH is 1. The molecule has 1 aliphatic heterocycles. The summed E-state index contributed by atoms with van der Waals surface area (Å²) < 4.78 is 7.87. The number of nitrogens with zero attached hydrogens (tertiary/aromatic N) is 4. The molecule has 1 amide bonds. The van der Waals surface area contributed by atoms with Crippen LogP contribution in [0, 0.1) is 20.8 Å². The van der Waals surface area contributed by atoms with E-state index in [4.69, 9.17) is 4.74 Å². The molecular weight excluding hydrogens is 552 g/mol. The maximum atomic E-state index is 13.7. The minimum atomic E-state index is -1.06. The van der Waals surface area contributed by atoms with Gasteiger partial charge in [0.2, 0.25) is 0 Å². The number of aliphatic hydroxyl groups is 1. The summed E-state index contributed by atoms with van der Waals surface area (Å²) in [6, 6.07) is 18.9. The predicted molar refractivity (Wildman–Crippen MR) is 159 cm³/mol. The summed E-state index contributed by atoms with van der Waals surface area (Å²) in [7, 11) is 0. The molecule has 2 aromatic carbocycles. The summed E-state index contributed by atoms with van der Waals surface area (Å²) in [6.07, 6.45) is 1.82. The van der Waals surface area contributed by atoms with Crippen LogP contribution in [0.1, 0.15) is 50.8 Å². The molecule has 5 aromatic rings. The first-order chi connectivity index (χ1) is 20.2. The molecule has 1 aliphatic rings. The molecule has 0 saturated carbocycles. The molecule has 1 N–H and O–H groups in total. The number of Topliss-reactive ketones (excluding diaryl/α,β-unsaturated/α-hetero) is 2. The van der Waals surface area contributed by atoms with Gasteiger partial charge in [-0.2, -0.15) is 0 Å². The van der Waals surface area contributed by atoms with Crippen LogP contribution in [0.5, 0.6) is 11.5 Å². The Morgan fingerprint density at radius 2 is 1.69 bits per heavy atom. The quantitative estimate of drug-likeness (QED) is 0.108. The Labute approximate surface area is 245 Å². The van der Waals surface area contributed by atoms with Gasteiger partial charge in [-0.25, -0.2) is 9.97 Å². The molecule has 210 valence electrons. The van der Waals surface area contributed by atoms with Crippen molar-refractivity contribution in [1.82, 2.24) is 14.4 Å². The average Bonchev–Trinajstić information content (AvgIpc) is 3.61. The number of hydrogen-bond donors (Lipinski definition) is 1. The number of carbonyl (C=O) groups is 3. The van der Waals surface area contributed by atoms with Crippen molar-refractivity contribution in [1.29, 1.82) is 0 Å². The van der Waals surface area contributed by atoms with Gasteiger partial charge < -0.3 is 14.2 Å². The summed E-state index contributed by atoms with van der Waals surface area (Å²) in [6.45, 7) is 6.80. The average molecular weight is 579 g/mol. The van der Waals surface area contributed by atoms with E-state index in [1.165, 1.54) is 11.8 Å². The first-order valence-electron chi connectivity index (χ1n) is 13.2. The van der Waals surface area contributed by atoms with Gasteiger partial charge in [0.25, 0.3) is 5.78 Å². The lowest BCUT2D eigenvalue weighted by Crippen LogP contribution is -2.29. The molecule has 9 nitrogen and oxygen atoms in total. The van der Waals surface area contributed by atoms with E-state index >= 15 is 0 Å². The van der Waals surface area contributed by atoms with Crippen molar-refractivity contribution >= 4 is 45.3 Å². The van der Waals surface area contributed by atoms with Gasteiger partial charge in [-0.05, 0) is 62.2 Å². The number of carbonyl (C=O) groups excluding carboxylic acids is 3. The highest BCUT2D eigenvalue weighted by Gasteiger charge is 2.49. The van der Waals surface area contributed by atoms with Gasteiger partial charge in [0.1, 0.15) is 22.8 Å². The number of pyridine rings is 1. The topological polar surface area (TPSA) is 114 Å². The van der Waals surface area contributed by atoms with Gasteiger partial charge in [-0.3, -0.25) is 19.3 Å². The van der Waals surface area contributed by atoms with Crippen LogP contribution in [0.4, 0.5) is 5.13 Å². The number of anilines is 1. The van der Waals surface area contributed by atoms with Gasteiger partial charge in [-0.1, -0.05) is 47.7 Å². The van der Waals surface area contributed by atoms with Crippen molar-refractivity contribution < 1.29 is 24.2 Å². The molecule has 10 heteroatoms. The molecule has 0 spiro atoms. The molecule has 1 saturated heterocycles. The van der Waals surface area contributed by atoms with E-state index in [1.807, 2.05) is 60.0 Å². The third-order valence-electron chi connectivity index (χ3n) is 7.22. The molecule has 3 aromatic heterocycles. The lowest BCUT2D eigenvalue weighted by Gasteiger charge is -2.23. The smallest absolute Gasteiger partial charge is 0.301 e. The molecule has 1 atom stereocenters. The standard InChI is InChI=1S/C32H26N4O5S/c1-17-10-9-15-35-19(3)25(34-30(17)35)27(38)24-26(21-11-8-14-23(16-21)41-22-12-6-5-7-13-22)36(31(40)28(24)39)32-33-18(2)29(42-32)20(4)37/h5-16,26,38H,1-4H3. The van der Waals surface area contributed by atoms with Crippen molar-refractivity contribution in [2.24, 2.45) is 0 Å². The van der Waals surface area contributed by atoms with Crippen LogP contribution in [0.15, 0.2) is 78.5 Å². The van der Waals surface area contributed by atoms with E-state index in [-0.39, 0.29) is 22.2 Å². The van der Waals surface area contributed by atoms with Crippen molar-refractivity contribution in [2.75, 3.05) is 4.90 Å². The molecule has 1 unspecified atom stereocenters. The van der Waals surface area contributed by atoms with E-state index < -0.39 is 23.5 Å². The Hall–Kier alpha value is -5.09. The number of fused-ring (bicyclic) bond motifs is 1. The third-order valence-corrected chi connectivity index (χ3v) is 8.47. The Bertz CT molecular complexity index is 1940. The van der Waals surface area contributed by atoms with E-state index in [9.17, 15) is 19.5 Å². The number of para-hydroxylation sites is 1. The van der Waals surface area contributed by atoms with Crippen LogP contribution in [0.25, 0.3) is 11.4 Å². The van der Waals surface area contributed by atoms with Crippen molar-refractivity contribution in [3.63, 3.8) is 0 Å². The van der Waals surface area contributed by atoms with Crippen molar-refractivity contribution in [3.8, 4) is 11.5 Å². The van der Waals surface area contributed by atoms with Gasteiger partial charge >= 0.3 is 5.91 Å². The summed E-state index contributed by atoms with van der Waals surface area (Å²) in [5, 5.41) is 11.9.